The SMILES string of the molecule is NC(CCOc1ccc(C#Cc2ccc(-c3ccc(Cl)cc3)cn2)cc1)(C1CCCCC1)C1CC1. The van der Waals surface area contributed by atoms with Gasteiger partial charge in [0.15, 0.2) is 0 Å². The Morgan fingerprint density at radius 2 is 1.51 bits per heavy atom. The molecule has 2 aliphatic carbocycles. The number of nitrogens with two attached hydrogens (primary N) is 1. The van der Waals surface area contributed by atoms with Gasteiger partial charge in [-0.2, -0.15) is 0 Å². The Morgan fingerprint density at radius 3 is 2.17 bits per heavy atom. The Hall–Kier alpha value is -2.80. The zero-order chi connectivity index (χ0) is 24.1. The Balaban J connectivity index is 1.15. The van der Waals surface area contributed by atoms with E-state index in [1.807, 2.05) is 66.9 Å². The lowest BCUT2D eigenvalue weighted by Gasteiger charge is -2.40. The summed E-state index contributed by atoms with van der Waals surface area (Å²) in [5, 5.41) is 0.728. The van der Waals surface area contributed by atoms with Crippen molar-refractivity contribution in [3.63, 3.8) is 0 Å². The van der Waals surface area contributed by atoms with Gasteiger partial charge in [0.25, 0.3) is 0 Å². The van der Waals surface area contributed by atoms with Crippen LogP contribution in [-0.2, 0) is 0 Å². The summed E-state index contributed by atoms with van der Waals surface area (Å²) in [4.78, 5) is 4.49. The Bertz CT molecular complexity index is 1170. The van der Waals surface area contributed by atoms with Gasteiger partial charge in [-0.15, -0.1) is 0 Å². The van der Waals surface area contributed by atoms with Crippen molar-refractivity contribution in [1.29, 1.82) is 0 Å². The monoisotopic (exact) mass is 484 g/mol. The van der Waals surface area contributed by atoms with Crippen LogP contribution < -0.4 is 10.5 Å². The van der Waals surface area contributed by atoms with Gasteiger partial charge in [-0.3, -0.25) is 0 Å². The van der Waals surface area contributed by atoms with Gasteiger partial charge in [0, 0.05) is 27.9 Å². The lowest BCUT2D eigenvalue weighted by Crippen LogP contribution is -2.51. The van der Waals surface area contributed by atoms with Crippen molar-refractivity contribution in [3.8, 4) is 28.7 Å². The number of hydrogen-bond donors (Lipinski definition) is 1. The van der Waals surface area contributed by atoms with Gasteiger partial charge in [-0.05, 0) is 97.9 Å². The summed E-state index contributed by atoms with van der Waals surface area (Å²) in [5.41, 5.74) is 10.8. The van der Waals surface area contributed by atoms with E-state index in [-0.39, 0.29) is 5.54 Å². The van der Waals surface area contributed by atoms with Crippen LogP contribution in [0.15, 0.2) is 66.9 Å². The number of rotatable bonds is 7. The molecule has 2 N–H and O–H groups in total. The highest BCUT2D eigenvalue weighted by Gasteiger charge is 2.47. The van der Waals surface area contributed by atoms with Crippen molar-refractivity contribution in [2.75, 3.05) is 6.61 Å². The third-order valence-corrected chi connectivity index (χ3v) is 7.89. The number of ether oxygens (including phenoxy) is 1. The predicted molar refractivity (Wildman–Crippen MR) is 143 cm³/mol. The molecule has 2 saturated carbocycles. The summed E-state index contributed by atoms with van der Waals surface area (Å²) in [6.07, 6.45) is 12.0. The summed E-state index contributed by atoms with van der Waals surface area (Å²) < 4.78 is 6.10. The van der Waals surface area contributed by atoms with Crippen molar-refractivity contribution in [1.82, 2.24) is 4.98 Å². The summed E-state index contributed by atoms with van der Waals surface area (Å²) in [6, 6.07) is 19.7. The lowest BCUT2D eigenvalue weighted by atomic mass is 9.71. The molecule has 0 saturated heterocycles. The molecule has 2 fully saturated rings. The predicted octanol–water partition coefficient (Wildman–Crippen LogP) is 7.26. The molecule has 180 valence electrons. The summed E-state index contributed by atoms with van der Waals surface area (Å²) >= 11 is 5.97. The molecule has 0 radical (unpaired) electrons. The van der Waals surface area contributed by atoms with E-state index in [9.17, 15) is 0 Å². The minimum Gasteiger partial charge on any atom is -0.494 e. The van der Waals surface area contributed by atoms with Gasteiger partial charge in [0.2, 0.25) is 0 Å². The van der Waals surface area contributed by atoms with E-state index < -0.39 is 0 Å². The van der Waals surface area contributed by atoms with Crippen molar-refractivity contribution in [3.05, 3.63) is 83.1 Å². The van der Waals surface area contributed by atoms with Gasteiger partial charge in [0.1, 0.15) is 11.4 Å². The fourth-order valence-electron chi connectivity index (χ4n) is 5.40. The van der Waals surface area contributed by atoms with Gasteiger partial charge < -0.3 is 10.5 Å². The maximum absolute atomic E-state index is 7.00. The van der Waals surface area contributed by atoms with E-state index in [4.69, 9.17) is 22.1 Å². The van der Waals surface area contributed by atoms with Crippen LogP contribution in [0.4, 0.5) is 0 Å². The van der Waals surface area contributed by atoms with E-state index in [2.05, 4.69) is 16.8 Å². The van der Waals surface area contributed by atoms with Crippen LogP contribution in [0.2, 0.25) is 5.02 Å². The highest BCUT2D eigenvalue weighted by Crippen LogP contribution is 2.48. The van der Waals surface area contributed by atoms with Crippen LogP contribution in [0.1, 0.15) is 62.6 Å². The molecule has 5 rings (SSSR count). The quantitative estimate of drug-likeness (QED) is 0.359. The summed E-state index contributed by atoms with van der Waals surface area (Å²) in [5.74, 6) is 8.58. The molecule has 0 amide bonds. The normalized spacial score (nSPS) is 17.8. The fraction of sp³-hybridized carbons (Fsp3) is 0.387. The molecule has 3 aromatic rings. The second-order valence-electron chi connectivity index (χ2n) is 10.0. The molecule has 0 bridgehead atoms. The van der Waals surface area contributed by atoms with Crippen molar-refractivity contribution >= 4 is 11.6 Å². The summed E-state index contributed by atoms with van der Waals surface area (Å²) in [7, 11) is 0. The Labute approximate surface area is 214 Å². The van der Waals surface area contributed by atoms with Gasteiger partial charge >= 0.3 is 0 Å². The second-order valence-corrected chi connectivity index (χ2v) is 10.5. The standard InChI is InChI=1S/C31H33ClN2O/c32-28-14-9-24(10-15-28)25-11-17-29(34-22-25)16-6-23-7-18-30(19-8-23)35-21-20-31(33,27-12-13-27)26-4-2-1-3-5-26/h7-11,14-15,17-19,22,26-27H,1-5,12-13,20-21,33H2. The molecular formula is C31H33ClN2O. The van der Waals surface area contributed by atoms with Gasteiger partial charge in [-0.25, -0.2) is 4.98 Å². The maximum atomic E-state index is 7.00. The van der Waals surface area contributed by atoms with Crippen molar-refractivity contribution in [2.45, 2.75) is 56.9 Å². The van der Waals surface area contributed by atoms with E-state index in [1.165, 1.54) is 44.9 Å². The Kier molecular flexibility index (Phi) is 7.42. The number of halogens is 1. The molecule has 1 aromatic heterocycles. The number of aromatic nitrogens is 1. The van der Waals surface area contributed by atoms with Gasteiger partial charge in [-0.1, -0.05) is 55.0 Å². The van der Waals surface area contributed by atoms with Crippen molar-refractivity contribution in [2.24, 2.45) is 17.6 Å². The average Bonchev–Trinajstić information content (AvgIpc) is 3.76. The van der Waals surface area contributed by atoms with E-state index in [1.54, 1.807) is 0 Å². The largest absolute Gasteiger partial charge is 0.494 e. The first-order valence-electron chi connectivity index (χ1n) is 12.9. The minimum absolute atomic E-state index is 0.0397. The first-order chi connectivity index (χ1) is 17.1. The van der Waals surface area contributed by atoms with Gasteiger partial charge in [0.05, 0.1) is 6.61 Å². The third-order valence-electron chi connectivity index (χ3n) is 7.64. The van der Waals surface area contributed by atoms with E-state index >= 15 is 0 Å². The molecule has 0 spiro atoms. The third kappa shape index (κ3) is 6.07. The van der Waals surface area contributed by atoms with Crippen LogP contribution in [0.3, 0.4) is 0 Å². The molecule has 0 aliphatic heterocycles. The zero-order valence-corrected chi connectivity index (χ0v) is 20.9. The number of hydrogen-bond acceptors (Lipinski definition) is 3. The van der Waals surface area contributed by atoms with Crippen LogP contribution in [0.25, 0.3) is 11.1 Å². The zero-order valence-electron chi connectivity index (χ0n) is 20.2. The highest BCUT2D eigenvalue weighted by molar-refractivity contribution is 6.30. The number of nitrogens with zero attached hydrogens (tertiary/aromatic N) is 1. The average molecular weight is 485 g/mol. The molecular weight excluding hydrogens is 452 g/mol. The van der Waals surface area contributed by atoms with Crippen molar-refractivity contribution < 1.29 is 4.74 Å². The molecule has 1 unspecified atom stereocenters. The lowest BCUT2D eigenvalue weighted by molar-refractivity contribution is 0.141. The maximum Gasteiger partial charge on any atom is 0.119 e. The Morgan fingerprint density at radius 1 is 0.829 bits per heavy atom. The molecule has 1 heterocycles. The molecule has 35 heavy (non-hydrogen) atoms. The molecule has 2 aromatic carbocycles. The van der Waals surface area contributed by atoms with E-state index in [0.717, 1.165) is 39.6 Å². The minimum atomic E-state index is -0.0397. The highest BCUT2D eigenvalue weighted by atomic mass is 35.5. The van der Waals surface area contributed by atoms with Crippen LogP contribution in [0, 0.1) is 23.7 Å². The van der Waals surface area contributed by atoms with Crippen LogP contribution >= 0.6 is 11.6 Å². The van der Waals surface area contributed by atoms with E-state index in [0.29, 0.717) is 18.4 Å². The first-order valence-corrected chi connectivity index (χ1v) is 13.2. The molecule has 1 atom stereocenters. The first kappa shape index (κ1) is 23.9. The molecule has 3 nitrogen and oxygen atoms in total. The second kappa shape index (κ2) is 10.9. The topological polar surface area (TPSA) is 48.1 Å². The van der Waals surface area contributed by atoms with Crippen LogP contribution in [0.5, 0.6) is 5.75 Å². The fourth-order valence-corrected chi connectivity index (χ4v) is 5.53. The molecule has 4 heteroatoms. The summed E-state index contributed by atoms with van der Waals surface area (Å²) in [6.45, 7) is 0.679. The smallest absolute Gasteiger partial charge is 0.119 e. The number of benzene rings is 2. The number of pyridine rings is 1. The van der Waals surface area contributed by atoms with Crippen LogP contribution in [-0.4, -0.2) is 17.1 Å². The molecule has 2 aliphatic rings.